The highest BCUT2D eigenvalue weighted by atomic mass is 32.2. The van der Waals surface area contributed by atoms with Crippen LogP contribution in [0.25, 0.3) is 11.0 Å². The Labute approximate surface area is 180 Å². The first-order chi connectivity index (χ1) is 14.7. The smallest absolute Gasteiger partial charge is 0.254 e. The summed E-state index contributed by atoms with van der Waals surface area (Å²) in [5.74, 6) is 0.628. The molecule has 0 unspecified atom stereocenters. The van der Waals surface area contributed by atoms with Gasteiger partial charge in [0.2, 0.25) is 10.0 Å². The summed E-state index contributed by atoms with van der Waals surface area (Å²) in [6.07, 6.45) is 3.27. The lowest BCUT2D eigenvalue weighted by molar-refractivity contribution is 0.0746. The van der Waals surface area contributed by atoms with Crippen molar-refractivity contribution in [2.45, 2.75) is 18.7 Å². The number of fused-ring (bicyclic) bond motifs is 1. The van der Waals surface area contributed by atoms with Gasteiger partial charge in [0.25, 0.3) is 5.91 Å². The first-order valence-electron chi connectivity index (χ1n) is 9.94. The minimum Gasteiger partial charge on any atom is -0.352 e. The molecule has 1 amide bonds. The maximum atomic E-state index is 13.1. The van der Waals surface area contributed by atoms with E-state index in [4.69, 9.17) is 0 Å². The summed E-state index contributed by atoms with van der Waals surface area (Å²) in [5, 5.41) is 5.13. The van der Waals surface area contributed by atoms with Gasteiger partial charge in [-0.2, -0.15) is 5.10 Å². The zero-order valence-corrected chi connectivity index (χ0v) is 18.8. The Morgan fingerprint density at radius 3 is 2.48 bits per heavy atom. The van der Waals surface area contributed by atoms with Crippen LogP contribution >= 0.6 is 0 Å². The normalized spacial score (nSPS) is 15.0. The Kier molecular flexibility index (Phi) is 5.40. The van der Waals surface area contributed by atoms with E-state index in [1.807, 2.05) is 14.0 Å². The van der Waals surface area contributed by atoms with Gasteiger partial charge in [0, 0.05) is 38.8 Å². The molecule has 0 saturated carbocycles. The first-order valence-corrected chi connectivity index (χ1v) is 11.4. The maximum absolute atomic E-state index is 13.1. The topological polar surface area (TPSA) is 113 Å². The molecule has 1 aliphatic rings. The largest absolute Gasteiger partial charge is 0.352 e. The lowest BCUT2D eigenvalue weighted by Gasteiger charge is -2.35. The first kappa shape index (κ1) is 21.2. The van der Waals surface area contributed by atoms with Gasteiger partial charge in [-0.05, 0) is 44.2 Å². The molecule has 0 bridgehead atoms. The highest BCUT2D eigenvalue weighted by Crippen LogP contribution is 2.25. The van der Waals surface area contributed by atoms with Crippen LogP contribution in [-0.4, -0.2) is 72.2 Å². The van der Waals surface area contributed by atoms with Crippen molar-refractivity contribution in [3.8, 4) is 0 Å². The van der Waals surface area contributed by atoms with Gasteiger partial charge in [0.15, 0.2) is 5.65 Å². The summed E-state index contributed by atoms with van der Waals surface area (Å²) >= 11 is 0. The Bertz CT molecular complexity index is 1260. The molecule has 1 saturated heterocycles. The van der Waals surface area contributed by atoms with Crippen molar-refractivity contribution in [3.05, 3.63) is 41.3 Å². The zero-order chi connectivity index (χ0) is 22.3. The molecule has 164 valence electrons. The van der Waals surface area contributed by atoms with E-state index in [0.717, 1.165) is 22.4 Å². The van der Waals surface area contributed by atoms with Crippen LogP contribution in [0.5, 0.6) is 0 Å². The van der Waals surface area contributed by atoms with Crippen molar-refractivity contribution in [3.63, 3.8) is 0 Å². The number of aromatic nitrogens is 4. The van der Waals surface area contributed by atoms with E-state index in [1.54, 1.807) is 28.8 Å². The van der Waals surface area contributed by atoms with Crippen LogP contribution in [0.2, 0.25) is 0 Å². The van der Waals surface area contributed by atoms with Gasteiger partial charge in [-0.3, -0.25) is 9.48 Å². The number of nitrogens with zero attached hydrogens (tertiary/aromatic N) is 6. The van der Waals surface area contributed by atoms with Gasteiger partial charge in [-0.1, -0.05) is 0 Å². The van der Waals surface area contributed by atoms with Crippen molar-refractivity contribution >= 4 is 32.8 Å². The van der Waals surface area contributed by atoms with E-state index in [0.29, 0.717) is 37.3 Å². The molecule has 1 aromatic carbocycles. The molecule has 11 heteroatoms. The molecule has 0 radical (unpaired) electrons. The predicted molar refractivity (Wildman–Crippen MR) is 117 cm³/mol. The molecular formula is C20H25N7O3S. The Morgan fingerprint density at radius 2 is 1.81 bits per heavy atom. The van der Waals surface area contributed by atoms with Gasteiger partial charge in [-0.25, -0.2) is 23.1 Å². The second-order valence-corrected chi connectivity index (χ2v) is 9.46. The number of carbonyl (C=O) groups is 1. The molecule has 3 heterocycles. The SMILES string of the molecule is CNS(=O)(=O)c1cc(C(=O)N2CCN(c3ncnc4c3cnn4C)CC2)cc(C)c1C. The number of piperazine rings is 1. The number of nitrogens with one attached hydrogen (secondary N) is 1. The third-order valence-corrected chi connectivity index (χ3v) is 7.34. The fourth-order valence-electron chi connectivity index (χ4n) is 3.85. The number of hydrogen-bond acceptors (Lipinski definition) is 7. The Balaban J connectivity index is 1.55. The molecule has 1 N–H and O–H groups in total. The number of sulfonamides is 1. The van der Waals surface area contributed by atoms with Crippen LogP contribution in [0, 0.1) is 13.8 Å². The molecule has 0 spiro atoms. The second-order valence-electron chi connectivity index (χ2n) is 7.61. The zero-order valence-electron chi connectivity index (χ0n) is 18.0. The lowest BCUT2D eigenvalue weighted by Crippen LogP contribution is -2.49. The third-order valence-electron chi connectivity index (χ3n) is 5.80. The van der Waals surface area contributed by atoms with Crippen LogP contribution in [0.4, 0.5) is 5.82 Å². The molecular weight excluding hydrogens is 418 g/mol. The molecule has 4 rings (SSSR count). The van der Waals surface area contributed by atoms with Gasteiger partial charge in [-0.15, -0.1) is 0 Å². The monoisotopic (exact) mass is 443 g/mol. The molecule has 0 aliphatic carbocycles. The van der Waals surface area contributed by atoms with Crippen LogP contribution in [-0.2, 0) is 17.1 Å². The quantitative estimate of drug-likeness (QED) is 0.636. The number of carbonyl (C=O) groups excluding carboxylic acids is 1. The second kappa shape index (κ2) is 7.89. The summed E-state index contributed by atoms with van der Waals surface area (Å²) in [5.41, 5.74) is 2.54. The van der Waals surface area contributed by atoms with E-state index in [9.17, 15) is 13.2 Å². The third kappa shape index (κ3) is 3.74. The predicted octanol–water partition coefficient (Wildman–Crippen LogP) is 0.851. The molecule has 10 nitrogen and oxygen atoms in total. The van der Waals surface area contributed by atoms with Crippen LogP contribution < -0.4 is 9.62 Å². The number of hydrogen-bond donors (Lipinski definition) is 1. The number of benzene rings is 1. The summed E-state index contributed by atoms with van der Waals surface area (Å²) in [7, 11) is -0.452. The molecule has 1 fully saturated rings. The molecule has 31 heavy (non-hydrogen) atoms. The van der Waals surface area contributed by atoms with Gasteiger partial charge < -0.3 is 9.80 Å². The van der Waals surface area contributed by atoms with Gasteiger partial charge in [0.1, 0.15) is 12.1 Å². The van der Waals surface area contributed by atoms with Gasteiger partial charge in [0.05, 0.1) is 16.5 Å². The van der Waals surface area contributed by atoms with Crippen molar-refractivity contribution in [2.75, 3.05) is 38.1 Å². The van der Waals surface area contributed by atoms with Crippen molar-refractivity contribution < 1.29 is 13.2 Å². The van der Waals surface area contributed by atoms with E-state index in [1.165, 1.54) is 19.4 Å². The van der Waals surface area contributed by atoms with E-state index >= 15 is 0 Å². The van der Waals surface area contributed by atoms with Crippen LogP contribution in [0.1, 0.15) is 21.5 Å². The van der Waals surface area contributed by atoms with Crippen molar-refractivity contribution in [2.24, 2.45) is 7.05 Å². The molecule has 1 aliphatic heterocycles. The fourth-order valence-corrected chi connectivity index (χ4v) is 4.91. The number of aryl methyl sites for hydroxylation is 2. The Hall–Kier alpha value is -3.05. The van der Waals surface area contributed by atoms with E-state index in [-0.39, 0.29) is 10.8 Å². The Morgan fingerprint density at radius 1 is 1.10 bits per heavy atom. The molecule has 3 aromatic rings. The molecule has 2 aromatic heterocycles. The average Bonchev–Trinajstić information content (AvgIpc) is 3.16. The number of rotatable bonds is 4. The highest BCUT2D eigenvalue weighted by Gasteiger charge is 2.26. The van der Waals surface area contributed by atoms with E-state index in [2.05, 4.69) is 24.7 Å². The standard InChI is InChI=1S/C20H25N7O3S/c1-13-9-15(10-17(14(13)2)31(29,30)21-3)20(28)27-7-5-26(6-8-27)19-16-11-24-25(4)18(16)22-12-23-19/h9-12,21H,5-8H2,1-4H3. The fraction of sp³-hybridized carbons (Fsp3) is 0.400. The summed E-state index contributed by atoms with van der Waals surface area (Å²) in [6, 6.07) is 3.22. The lowest BCUT2D eigenvalue weighted by atomic mass is 10.0. The number of amides is 1. The average molecular weight is 444 g/mol. The highest BCUT2D eigenvalue weighted by molar-refractivity contribution is 7.89. The number of anilines is 1. The van der Waals surface area contributed by atoms with E-state index < -0.39 is 10.0 Å². The maximum Gasteiger partial charge on any atom is 0.254 e. The van der Waals surface area contributed by atoms with Crippen LogP contribution in [0.3, 0.4) is 0 Å². The van der Waals surface area contributed by atoms with Crippen molar-refractivity contribution in [1.29, 1.82) is 0 Å². The molecule has 0 atom stereocenters. The minimum absolute atomic E-state index is 0.136. The van der Waals surface area contributed by atoms with Crippen molar-refractivity contribution in [1.82, 2.24) is 29.4 Å². The summed E-state index contributed by atoms with van der Waals surface area (Å²) < 4.78 is 28.8. The summed E-state index contributed by atoms with van der Waals surface area (Å²) in [4.78, 5) is 25.8. The van der Waals surface area contributed by atoms with Crippen LogP contribution in [0.15, 0.2) is 29.6 Å². The van der Waals surface area contributed by atoms with Gasteiger partial charge >= 0.3 is 0 Å². The summed E-state index contributed by atoms with van der Waals surface area (Å²) in [6.45, 7) is 5.79. The minimum atomic E-state index is -3.65.